The van der Waals surface area contributed by atoms with Crippen molar-refractivity contribution in [1.82, 2.24) is 10.1 Å². The quantitative estimate of drug-likeness (QED) is 0.920. The fourth-order valence-corrected chi connectivity index (χ4v) is 2.00. The highest BCUT2D eigenvalue weighted by Gasteiger charge is 2.39. The predicted octanol–water partition coefficient (Wildman–Crippen LogP) is 2.89. The summed E-state index contributed by atoms with van der Waals surface area (Å²) in [7, 11) is 0. The smallest absolute Gasteiger partial charge is 0.383 e. The number of hydrogen-bond acceptors (Lipinski definition) is 4. The summed E-state index contributed by atoms with van der Waals surface area (Å²) in [5.74, 6) is 0.0345. The van der Waals surface area contributed by atoms with E-state index in [1.165, 1.54) is 0 Å². The van der Waals surface area contributed by atoms with Gasteiger partial charge in [0.2, 0.25) is 5.89 Å². The van der Waals surface area contributed by atoms with E-state index in [0.717, 1.165) is 10.0 Å². The first-order chi connectivity index (χ1) is 9.34. The van der Waals surface area contributed by atoms with E-state index in [4.69, 9.17) is 9.63 Å². The summed E-state index contributed by atoms with van der Waals surface area (Å²) in [5.41, 5.74) is 0.892. The summed E-state index contributed by atoms with van der Waals surface area (Å²) < 4.78 is 42.1. The number of hydrogen-bond donors (Lipinski definition) is 1. The summed E-state index contributed by atoms with van der Waals surface area (Å²) in [5, 5.41) is 12.5. The Bertz CT molecular complexity index is 586. The number of benzene rings is 1. The summed E-state index contributed by atoms with van der Waals surface area (Å²) >= 11 is 3.31. The van der Waals surface area contributed by atoms with Crippen LogP contribution in [0.15, 0.2) is 33.3 Å². The minimum atomic E-state index is -4.70. The lowest BCUT2D eigenvalue weighted by atomic mass is 10.1. The SMILES string of the molecule is OC(Cc1nc(Cc2cccc(Br)c2)no1)C(F)(F)F. The van der Waals surface area contributed by atoms with Crippen molar-refractivity contribution in [3.8, 4) is 0 Å². The van der Waals surface area contributed by atoms with E-state index in [-0.39, 0.29) is 11.7 Å². The van der Waals surface area contributed by atoms with Crippen LogP contribution in [-0.2, 0) is 12.8 Å². The molecule has 1 heterocycles. The van der Waals surface area contributed by atoms with Gasteiger partial charge in [0.05, 0.1) is 6.42 Å². The number of aromatic nitrogens is 2. The summed E-state index contributed by atoms with van der Waals surface area (Å²) in [6.45, 7) is 0. The molecule has 2 rings (SSSR count). The van der Waals surface area contributed by atoms with Gasteiger partial charge in [0, 0.05) is 10.9 Å². The molecule has 0 radical (unpaired) electrons. The van der Waals surface area contributed by atoms with Crippen molar-refractivity contribution in [2.75, 3.05) is 0 Å². The molecule has 0 spiro atoms. The summed E-state index contributed by atoms with van der Waals surface area (Å²) in [4.78, 5) is 3.84. The van der Waals surface area contributed by atoms with Gasteiger partial charge < -0.3 is 9.63 Å². The fraction of sp³-hybridized carbons (Fsp3) is 0.333. The van der Waals surface area contributed by atoms with Crippen LogP contribution >= 0.6 is 15.9 Å². The molecule has 1 aromatic heterocycles. The van der Waals surface area contributed by atoms with Gasteiger partial charge in [0.15, 0.2) is 11.9 Å². The van der Waals surface area contributed by atoms with E-state index < -0.39 is 18.7 Å². The number of aliphatic hydroxyl groups excluding tert-OH is 1. The highest BCUT2D eigenvalue weighted by atomic mass is 79.9. The Hall–Kier alpha value is -1.41. The second-order valence-corrected chi connectivity index (χ2v) is 5.09. The van der Waals surface area contributed by atoms with Crippen LogP contribution in [0.5, 0.6) is 0 Å². The van der Waals surface area contributed by atoms with Gasteiger partial charge in [-0.1, -0.05) is 33.2 Å². The van der Waals surface area contributed by atoms with Crippen molar-refractivity contribution in [1.29, 1.82) is 0 Å². The molecule has 20 heavy (non-hydrogen) atoms. The molecule has 4 nitrogen and oxygen atoms in total. The molecule has 0 saturated heterocycles. The third-order valence-electron chi connectivity index (χ3n) is 2.51. The average molecular weight is 351 g/mol. The van der Waals surface area contributed by atoms with E-state index in [1.54, 1.807) is 0 Å². The van der Waals surface area contributed by atoms with Crippen LogP contribution in [0.25, 0.3) is 0 Å². The zero-order chi connectivity index (χ0) is 14.8. The molecule has 8 heteroatoms. The molecule has 1 aromatic carbocycles. The summed E-state index contributed by atoms with van der Waals surface area (Å²) in [6, 6.07) is 7.37. The maximum atomic E-state index is 12.2. The van der Waals surface area contributed by atoms with Gasteiger partial charge in [-0.05, 0) is 17.7 Å². The largest absolute Gasteiger partial charge is 0.414 e. The van der Waals surface area contributed by atoms with Crippen LogP contribution in [0.1, 0.15) is 17.3 Å². The molecular formula is C12H10BrF3N2O2. The fourth-order valence-electron chi connectivity index (χ4n) is 1.56. The zero-order valence-corrected chi connectivity index (χ0v) is 11.6. The summed E-state index contributed by atoms with van der Waals surface area (Å²) in [6.07, 6.45) is -7.60. The first-order valence-corrected chi connectivity index (χ1v) is 6.44. The predicted molar refractivity (Wildman–Crippen MR) is 67.0 cm³/mol. The third-order valence-corrected chi connectivity index (χ3v) is 3.00. The molecule has 2 aromatic rings. The van der Waals surface area contributed by atoms with Crippen molar-refractivity contribution < 1.29 is 22.8 Å². The molecule has 1 atom stereocenters. The molecule has 0 fully saturated rings. The maximum Gasteiger partial charge on any atom is 0.414 e. The third kappa shape index (κ3) is 4.04. The maximum absolute atomic E-state index is 12.2. The second kappa shape index (κ2) is 5.92. The Labute approximate surface area is 120 Å². The van der Waals surface area contributed by atoms with Crippen molar-refractivity contribution in [3.05, 3.63) is 46.0 Å². The topological polar surface area (TPSA) is 59.2 Å². The van der Waals surface area contributed by atoms with E-state index in [9.17, 15) is 13.2 Å². The second-order valence-electron chi connectivity index (χ2n) is 4.17. The van der Waals surface area contributed by atoms with Crippen molar-refractivity contribution in [2.45, 2.75) is 25.1 Å². The first-order valence-electron chi connectivity index (χ1n) is 5.65. The van der Waals surface area contributed by atoms with Crippen LogP contribution in [0, 0.1) is 0 Å². The van der Waals surface area contributed by atoms with Crippen molar-refractivity contribution in [2.24, 2.45) is 0 Å². The van der Waals surface area contributed by atoms with E-state index in [1.807, 2.05) is 24.3 Å². The van der Waals surface area contributed by atoms with Crippen LogP contribution in [-0.4, -0.2) is 27.5 Å². The molecule has 0 aliphatic heterocycles. The molecule has 0 amide bonds. The Kier molecular flexibility index (Phi) is 4.44. The minimum absolute atomic E-state index is 0.236. The molecule has 1 unspecified atom stereocenters. The van der Waals surface area contributed by atoms with E-state index >= 15 is 0 Å². The normalized spacial score (nSPS) is 13.4. The first kappa shape index (κ1) is 15.0. The lowest BCUT2D eigenvalue weighted by molar-refractivity contribution is -0.204. The van der Waals surface area contributed by atoms with Gasteiger partial charge >= 0.3 is 6.18 Å². The Balaban J connectivity index is 2.02. The number of rotatable bonds is 4. The molecular weight excluding hydrogens is 341 g/mol. The highest BCUT2D eigenvalue weighted by Crippen LogP contribution is 2.22. The van der Waals surface area contributed by atoms with Crippen LogP contribution in [0.3, 0.4) is 0 Å². The van der Waals surface area contributed by atoms with Gasteiger partial charge in [0.1, 0.15) is 0 Å². The van der Waals surface area contributed by atoms with Gasteiger partial charge in [0.25, 0.3) is 0 Å². The average Bonchev–Trinajstić information content (AvgIpc) is 2.75. The number of aliphatic hydroxyl groups is 1. The lowest BCUT2D eigenvalue weighted by Gasteiger charge is -2.11. The highest BCUT2D eigenvalue weighted by molar-refractivity contribution is 9.10. The number of alkyl halides is 3. The lowest BCUT2D eigenvalue weighted by Crippen LogP contribution is -2.30. The monoisotopic (exact) mass is 350 g/mol. The van der Waals surface area contributed by atoms with Crippen molar-refractivity contribution in [3.63, 3.8) is 0 Å². The number of halogens is 4. The molecule has 0 bridgehead atoms. The van der Waals surface area contributed by atoms with Gasteiger partial charge in [-0.25, -0.2) is 0 Å². The van der Waals surface area contributed by atoms with Crippen LogP contribution in [0.2, 0.25) is 0 Å². The van der Waals surface area contributed by atoms with Gasteiger partial charge in [-0.3, -0.25) is 0 Å². The van der Waals surface area contributed by atoms with Crippen molar-refractivity contribution >= 4 is 15.9 Å². The van der Waals surface area contributed by atoms with E-state index in [0.29, 0.717) is 6.42 Å². The van der Waals surface area contributed by atoms with Gasteiger partial charge in [-0.2, -0.15) is 18.2 Å². The standard InChI is InChI=1S/C12H10BrF3N2O2/c13-8-3-1-2-7(4-8)5-10-17-11(20-18-10)6-9(19)12(14,15)16/h1-4,9,19H,5-6H2. The molecule has 0 aliphatic rings. The zero-order valence-electron chi connectivity index (χ0n) is 10.1. The van der Waals surface area contributed by atoms with Crippen LogP contribution in [0.4, 0.5) is 13.2 Å². The molecule has 108 valence electrons. The van der Waals surface area contributed by atoms with E-state index in [2.05, 4.69) is 26.1 Å². The number of nitrogens with zero attached hydrogens (tertiary/aromatic N) is 2. The minimum Gasteiger partial charge on any atom is -0.383 e. The molecule has 0 saturated carbocycles. The Morgan fingerprint density at radius 3 is 2.75 bits per heavy atom. The van der Waals surface area contributed by atoms with Crippen LogP contribution < -0.4 is 0 Å². The van der Waals surface area contributed by atoms with Gasteiger partial charge in [-0.15, -0.1) is 0 Å². The Morgan fingerprint density at radius 1 is 1.35 bits per heavy atom. The Morgan fingerprint density at radius 2 is 2.10 bits per heavy atom. The molecule has 1 N–H and O–H groups in total. The molecule has 0 aliphatic carbocycles.